The molecule has 1 aliphatic heterocycles. The number of likely N-dealkylation sites (tertiary alicyclic amines) is 1. The fraction of sp³-hybridized carbons (Fsp3) is 0.259. The third kappa shape index (κ3) is 5.16. The van der Waals surface area contributed by atoms with Crippen LogP contribution in [-0.2, 0) is 17.8 Å². The van der Waals surface area contributed by atoms with Gasteiger partial charge in [0.15, 0.2) is 0 Å². The first-order valence-corrected chi connectivity index (χ1v) is 11.3. The van der Waals surface area contributed by atoms with E-state index in [1.807, 2.05) is 30.3 Å². The van der Waals surface area contributed by atoms with Crippen LogP contribution in [0, 0.1) is 5.82 Å². The summed E-state index contributed by atoms with van der Waals surface area (Å²) in [4.78, 5) is 28.0. The van der Waals surface area contributed by atoms with Gasteiger partial charge in [0.25, 0.3) is 5.91 Å². The minimum atomic E-state index is -1.13. The molecule has 4 rings (SSSR count). The van der Waals surface area contributed by atoms with E-state index in [2.05, 4.69) is 5.32 Å². The van der Waals surface area contributed by atoms with Crippen molar-refractivity contribution in [1.29, 1.82) is 0 Å². The highest BCUT2D eigenvalue weighted by Crippen LogP contribution is 2.33. The highest BCUT2D eigenvalue weighted by atomic mass is 19.1. The van der Waals surface area contributed by atoms with Crippen molar-refractivity contribution in [2.24, 2.45) is 5.73 Å². The highest BCUT2D eigenvalue weighted by Gasteiger charge is 2.47. The summed E-state index contributed by atoms with van der Waals surface area (Å²) in [6.07, 6.45) is -0.500. The van der Waals surface area contributed by atoms with Crippen molar-refractivity contribution in [3.05, 3.63) is 107 Å². The summed E-state index contributed by atoms with van der Waals surface area (Å²) >= 11 is 0. The van der Waals surface area contributed by atoms with Crippen molar-refractivity contribution in [3.8, 4) is 0 Å². The van der Waals surface area contributed by atoms with Gasteiger partial charge in [0, 0.05) is 31.1 Å². The molecule has 2 amide bonds. The Hall–Kier alpha value is -3.55. The van der Waals surface area contributed by atoms with Gasteiger partial charge < -0.3 is 21.1 Å². The standard InChI is InChI=1S/C27H28FN3O3/c28-22-12-10-20(11-13-22)23-17-31(27(34)21-8-6-19(16-29)7-9-21)24(25(23)32)26(33)30-15-14-18-4-2-1-3-5-18/h1-13,23-25,32H,14-17,29H2,(H,30,33)/t23-,24+,25-/m1/s1. The first-order chi connectivity index (χ1) is 16.5. The van der Waals surface area contributed by atoms with Gasteiger partial charge in [0.1, 0.15) is 11.9 Å². The number of aliphatic hydroxyl groups is 1. The Morgan fingerprint density at radius 3 is 2.29 bits per heavy atom. The number of nitrogens with zero attached hydrogens (tertiary/aromatic N) is 1. The molecule has 1 heterocycles. The Kier molecular flexibility index (Phi) is 7.35. The van der Waals surface area contributed by atoms with Crippen LogP contribution in [0.15, 0.2) is 78.9 Å². The van der Waals surface area contributed by atoms with Gasteiger partial charge in [-0.15, -0.1) is 0 Å². The number of hydrogen-bond acceptors (Lipinski definition) is 4. The molecule has 1 aliphatic rings. The first-order valence-electron chi connectivity index (χ1n) is 11.3. The molecule has 0 saturated carbocycles. The van der Waals surface area contributed by atoms with Gasteiger partial charge in [-0.1, -0.05) is 54.6 Å². The predicted octanol–water partition coefficient (Wildman–Crippen LogP) is 2.61. The zero-order chi connectivity index (χ0) is 24.1. The van der Waals surface area contributed by atoms with E-state index in [9.17, 15) is 19.1 Å². The van der Waals surface area contributed by atoms with Crippen LogP contribution in [0.2, 0.25) is 0 Å². The number of amides is 2. The molecule has 3 aromatic carbocycles. The topological polar surface area (TPSA) is 95.7 Å². The molecule has 0 aromatic heterocycles. The molecule has 0 aliphatic carbocycles. The molecular weight excluding hydrogens is 433 g/mol. The second-order valence-corrected chi connectivity index (χ2v) is 8.48. The van der Waals surface area contributed by atoms with Gasteiger partial charge in [-0.25, -0.2) is 4.39 Å². The van der Waals surface area contributed by atoms with Crippen LogP contribution in [-0.4, -0.2) is 47.1 Å². The maximum Gasteiger partial charge on any atom is 0.254 e. The molecule has 3 atom stereocenters. The Morgan fingerprint density at radius 2 is 1.65 bits per heavy atom. The van der Waals surface area contributed by atoms with Crippen LogP contribution < -0.4 is 11.1 Å². The molecule has 3 aromatic rings. The second-order valence-electron chi connectivity index (χ2n) is 8.48. The third-order valence-corrected chi connectivity index (χ3v) is 6.28. The smallest absolute Gasteiger partial charge is 0.254 e. The first kappa shape index (κ1) is 23.6. The summed E-state index contributed by atoms with van der Waals surface area (Å²) in [5.74, 6) is -1.67. The van der Waals surface area contributed by atoms with Crippen LogP contribution in [0.1, 0.15) is 33.0 Å². The molecule has 0 spiro atoms. The summed E-state index contributed by atoms with van der Waals surface area (Å²) in [5.41, 5.74) is 8.69. The molecule has 1 saturated heterocycles. The SMILES string of the molecule is NCc1ccc(C(=O)N2C[C@H](c3ccc(F)cc3)[C@@H](O)[C@H]2C(=O)NCCc2ccccc2)cc1. The minimum Gasteiger partial charge on any atom is -0.390 e. The molecule has 6 nitrogen and oxygen atoms in total. The fourth-order valence-electron chi connectivity index (χ4n) is 4.38. The van der Waals surface area contributed by atoms with Crippen molar-refractivity contribution in [2.75, 3.05) is 13.1 Å². The average molecular weight is 462 g/mol. The lowest BCUT2D eigenvalue weighted by Gasteiger charge is -2.25. The number of nitrogens with one attached hydrogen (secondary N) is 1. The van der Waals surface area contributed by atoms with Crippen molar-refractivity contribution in [3.63, 3.8) is 0 Å². The number of carbonyl (C=O) groups excluding carboxylic acids is 2. The monoisotopic (exact) mass is 461 g/mol. The number of halogens is 1. The summed E-state index contributed by atoms with van der Waals surface area (Å²) in [6, 6.07) is 21.3. The van der Waals surface area contributed by atoms with Crippen LogP contribution in [0.4, 0.5) is 4.39 Å². The molecule has 34 heavy (non-hydrogen) atoms. The molecular formula is C27H28FN3O3. The van der Waals surface area contributed by atoms with E-state index < -0.39 is 24.0 Å². The molecule has 0 radical (unpaired) electrons. The van der Waals surface area contributed by atoms with Gasteiger partial charge in [-0.05, 0) is 47.4 Å². The molecule has 0 bridgehead atoms. The van der Waals surface area contributed by atoms with E-state index >= 15 is 0 Å². The zero-order valence-electron chi connectivity index (χ0n) is 18.7. The van der Waals surface area contributed by atoms with Crippen molar-refractivity contribution < 1.29 is 19.1 Å². The normalized spacial score (nSPS) is 19.7. The Morgan fingerprint density at radius 1 is 0.971 bits per heavy atom. The molecule has 0 unspecified atom stereocenters. The zero-order valence-corrected chi connectivity index (χ0v) is 18.7. The predicted molar refractivity (Wildman–Crippen MR) is 127 cm³/mol. The number of rotatable bonds is 7. The fourth-order valence-corrected chi connectivity index (χ4v) is 4.38. The van der Waals surface area contributed by atoms with E-state index in [1.165, 1.54) is 17.0 Å². The number of carbonyl (C=O) groups is 2. The number of benzene rings is 3. The lowest BCUT2D eigenvalue weighted by molar-refractivity contribution is -0.127. The van der Waals surface area contributed by atoms with E-state index in [-0.39, 0.29) is 18.3 Å². The maximum absolute atomic E-state index is 13.4. The molecule has 1 fully saturated rings. The summed E-state index contributed by atoms with van der Waals surface area (Å²) in [7, 11) is 0. The van der Waals surface area contributed by atoms with E-state index in [1.54, 1.807) is 36.4 Å². The second kappa shape index (κ2) is 10.6. The van der Waals surface area contributed by atoms with Crippen molar-refractivity contribution >= 4 is 11.8 Å². The quantitative estimate of drug-likeness (QED) is 0.504. The van der Waals surface area contributed by atoms with Crippen LogP contribution in [0.25, 0.3) is 0 Å². The summed E-state index contributed by atoms with van der Waals surface area (Å²) in [6.45, 7) is 0.873. The lowest BCUT2D eigenvalue weighted by Crippen LogP contribution is -2.50. The molecule has 7 heteroatoms. The molecule has 4 N–H and O–H groups in total. The maximum atomic E-state index is 13.4. The van der Waals surface area contributed by atoms with E-state index in [0.717, 1.165) is 11.1 Å². The van der Waals surface area contributed by atoms with Gasteiger partial charge >= 0.3 is 0 Å². The van der Waals surface area contributed by atoms with Gasteiger partial charge in [0.2, 0.25) is 5.91 Å². The number of nitrogens with two attached hydrogens (primary N) is 1. The average Bonchev–Trinajstić information content (AvgIpc) is 3.21. The summed E-state index contributed by atoms with van der Waals surface area (Å²) in [5, 5.41) is 14.0. The van der Waals surface area contributed by atoms with E-state index in [4.69, 9.17) is 5.73 Å². The van der Waals surface area contributed by atoms with Crippen LogP contribution in [0.5, 0.6) is 0 Å². The van der Waals surface area contributed by atoms with Gasteiger partial charge in [-0.2, -0.15) is 0 Å². The third-order valence-electron chi connectivity index (χ3n) is 6.28. The van der Waals surface area contributed by atoms with Gasteiger partial charge in [0.05, 0.1) is 6.10 Å². The summed E-state index contributed by atoms with van der Waals surface area (Å²) < 4.78 is 13.4. The largest absolute Gasteiger partial charge is 0.390 e. The Labute approximate surface area is 198 Å². The van der Waals surface area contributed by atoms with Gasteiger partial charge in [-0.3, -0.25) is 9.59 Å². The number of hydrogen-bond donors (Lipinski definition) is 3. The Balaban J connectivity index is 1.55. The van der Waals surface area contributed by atoms with Crippen LogP contribution in [0.3, 0.4) is 0 Å². The molecule has 176 valence electrons. The van der Waals surface area contributed by atoms with Crippen LogP contribution >= 0.6 is 0 Å². The highest BCUT2D eigenvalue weighted by molar-refractivity contribution is 5.98. The lowest BCUT2D eigenvalue weighted by atomic mass is 9.93. The number of aliphatic hydroxyl groups excluding tert-OH is 1. The van der Waals surface area contributed by atoms with E-state index in [0.29, 0.717) is 30.6 Å². The minimum absolute atomic E-state index is 0.140. The van der Waals surface area contributed by atoms with Crippen molar-refractivity contribution in [2.45, 2.75) is 31.0 Å². The Bertz CT molecular complexity index is 1120. The van der Waals surface area contributed by atoms with Crippen molar-refractivity contribution in [1.82, 2.24) is 10.2 Å².